The Morgan fingerprint density at radius 3 is 1.41 bits per heavy atom. The molecule has 3 heteroatoms. The van der Waals surface area contributed by atoms with Crippen LogP contribution in [0.5, 0.6) is 0 Å². The number of nitrogens with zero attached hydrogens (tertiary/aromatic N) is 3. The standard InChI is InChI=1S/C46H67N3/c1-33(2)45(27-29-48(35(5)6)36(7)8,43-25-17-21-39-19-13-15-23-41(39)43)31-47-32-46(34(3)4,28-30-49(37(9)10)38(11)12)44-26-18-22-40-20-14-16-24-42(40)44/h13-26,31,33-38H,27-30,32H2,1-12H3. The molecule has 2 atom stereocenters. The normalized spacial score (nSPS) is 15.4. The molecule has 0 aliphatic heterocycles. The lowest BCUT2D eigenvalue weighted by molar-refractivity contribution is 0.145. The molecule has 0 fully saturated rings. The summed E-state index contributed by atoms with van der Waals surface area (Å²) in [5.74, 6) is 0.770. The van der Waals surface area contributed by atoms with E-state index in [0.29, 0.717) is 36.0 Å². The molecule has 0 amide bonds. The Hall–Kier alpha value is -3.01. The minimum atomic E-state index is -0.216. The molecule has 49 heavy (non-hydrogen) atoms. The van der Waals surface area contributed by atoms with Crippen LogP contribution in [0.2, 0.25) is 0 Å². The summed E-state index contributed by atoms with van der Waals surface area (Å²) in [5.41, 5.74) is 2.51. The highest BCUT2D eigenvalue weighted by molar-refractivity contribution is 5.91. The van der Waals surface area contributed by atoms with Gasteiger partial charge in [-0.1, -0.05) is 113 Å². The highest BCUT2D eigenvalue weighted by Crippen LogP contribution is 2.43. The summed E-state index contributed by atoms with van der Waals surface area (Å²) in [7, 11) is 0. The fraction of sp³-hybridized carbons (Fsp3) is 0.543. The third-order valence-corrected chi connectivity index (χ3v) is 11.7. The molecule has 0 saturated carbocycles. The second-order valence-corrected chi connectivity index (χ2v) is 16.4. The van der Waals surface area contributed by atoms with Crippen LogP contribution in [0.3, 0.4) is 0 Å². The van der Waals surface area contributed by atoms with Crippen molar-refractivity contribution in [1.82, 2.24) is 9.80 Å². The lowest BCUT2D eigenvalue weighted by atomic mass is 9.67. The Morgan fingerprint density at radius 1 is 0.510 bits per heavy atom. The first-order valence-corrected chi connectivity index (χ1v) is 19.2. The predicted molar refractivity (Wildman–Crippen MR) is 217 cm³/mol. The van der Waals surface area contributed by atoms with Crippen LogP contribution in [-0.4, -0.2) is 59.8 Å². The third-order valence-electron chi connectivity index (χ3n) is 11.7. The summed E-state index contributed by atoms with van der Waals surface area (Å²) >= 11 is 0. The van der Waals surface area contributed by atoms with Crippen LogP contribution < -0.4 is 0 Å². The average molecular weight is 662 g/mol. The van der Waals surface area contributed by atoms with Crippen LogP contribution in [0.15, 0.2) is 89.9 Å². The lowest BCUT2D eigenvalue weighted by Crippen LogP contribution is -2.45. The van der Waals surface area contributed by atoms with E-state index in [4.69, 9.17) is 4.99 Å². The molecule has 0 aliphatic carbocycles. The molecular weight excluding hydrogens is 595 g/mol. The zero-order valence-electron chi connectivity index (χ0n) is 33.0. The molecule has 266 valence electrons. The van der Waals surface area contributed by atoms with Crippen molar-refractivity contribution < 1.29 is 0 Å². The van der Waals surface area contributed by atoms with Crippen molar-refractivity contribution in [3.8, 4) is 0 Å². The highest BCUT2D eigenvalue weighted by atomic mass is 15.2. The van der Waals surface area contributed by atoms with E-state index >= 15 is 0 Å². The van der Waals surface area contributed by atoms with E-state index < -0.39 is 0 Å². The molecule has 0 N–H and O–H groups in total. The van der Waals surface area contributed by atoms with Gasteiger partial charge in [-0.3, -0.25) is 14.8 Å². The van der Waals surface area contributed by atoms with Crippen molar-refractivity contribution in [1.29, 1.82) is 0 Å². The van der Waals surface area contributed by atoms with Crippen molar-refractivity contribution in [3.05, 3.63) is 96.1 Å². The van der Waals surface area contributed by atoms with E-state index in [0.717, 1.165) is 32.5 Å². The van der Waals surface area contributed by atoms with Crippen LogP contribution in [0, 0.1) is 11.8 Å². The van der Waals surface area contributed by atoms with Crippen molar-refractivity contribution in [3.63, 3.8) is 0 Å². The summed E-state index contributed by atoms with van der Waals surface area (Å²) in [6.07, 6.45) is 4.50. The second-order valence-electron chi connectivity index (χ2n) is 16.4. The van der Waals surface area contributed by atoms with Crippen LogP contribution in [-0.2, 0) is 10.8 Å². The zero-order chi connectivity index (χ0) is 35.9. The third kappa shape index (κ3) is 8.49. The van der Waals surface area contributed by atoms with Gasteiger partial charge < -0.3 is 0 Å². The molecule has 4 aromatic carbocycles. The van der Waals surface area contributed by atoms with Gasteiger partial charge in [-0.25, -0.2) is 0 Å². The Balaban J connectivity index is 1.91. The van der Waals surface area contributed by atoms with E-state index in [1.807, 2.05) is 0 Å². The summed E-state index contributed by atoms with van der Waals surface area (Å²) in [5, 5.41) is 5.33. The minimum absolute atomic E-state index is 0.122. The van der Waals surface area contributed by atoms with Crippen molar-refractivity contribution in [2.24, 2.45) is 16.8 Å². The van der Waals surface area contributed by atoms with Gasteiger partial charge in [-0.2, -0.15) is 0 Å². The van der Waals surface area contributed by atoms with Crippen LogP contribution in [0.1, 0.15) is 107 Å². The number of hydrogen-bond donors (Lipinski definition) is 0. The molecule has 0 spiro atoms. The molecular formula is C46H67N3. The summed E-state index contributed by atoms with van der Waals surface area (Å²) in [6, 6.07) is 33.7. The first kappa shape index (κ1) is 38.8. The van der Waals surface area contributed by atoms with Crippen LogP contribution in [0.4, 0.5) is 0 Å². The number of aliphatic imine (C=N–C) groups is 1. The zero-order valence-corrected chi connectivity index (χ0v) is 33.0. The number of rotatable bonds is 17. The lowest BCUT2D eigenvalue weighted by Gasteiger charge is -2.42. The fourth-order valence-electron chi connectivity index (χ4n) is 8.63. The molecule has 0 bridgehead atoms. The molecule has 0 saturated heterocycles. The van der Waals surface area contributed by atoms with E-state index in [1.54, 1.807) is 0 Å². The van der Waals surface area contributed by atoms with E-state index in [-0.39, 0.29) is 10.8 Å². The topological polar surface area (TPSA) is 18.8 Å². The number of fused-ring (bicyclic) bond motifs is 2. The summed E-state index contributed by atoms with van der Waals surface area (Å²) in [6.45, 7) is 31.2. The highest BCUT2D eigenvalue weighted by Gasteiger charge is 2.40. The maximum atomic E-state index is 5.70. The first-order valence-electron chi connectivity index (χ1n) is 19.2. The predicted octanol–water partition coefficient (Wildman–Crippen LogP) is 11.6. The van der Waals surface area contributed by atoms with Gasteiger partial charge in [-0.15, -0.1) is 0 Å². The van der Waals surface area contributed by atoms with Gasteiger partial charge in [0.2, 0.25) is 0 Å². The Bertz CT molecular complexity index is 1620. The largest absolute Gasteiger partial charge is 0.299 e. The quantitative estimate of drug-likeness (QED) is 0.105. The molecule has 0 heterocycles. The monoisotopic (exact) mass is 662 g/mol. The van der Waals surface area contributed by atoms with Crippen molar-refractivity contribution >= 4 is 27.8 Å². The summed E-state index contributed by atoms with van der Waals surface area (Å²) < 4.78 is 0. The van der Waals surface area contributed by atoms with Crippen molar-refractivity contribution in [2.45, 2.75) is 131 Å². The van der Waals surface area contributed by atoms with Crippen LogP contribution >= 0.6 is 0 Å². The van der Waals surface area contributed by atoms with Gasteiger partial charge in [0, 0.05) is 47.8 Å². The molecule has 3 nitrogen and oxygen atoms in total. The van der Waals surface area contributed by atoms with Gasteiger partial charge in [0.15, 0.2) is 0 Å². The van der Waals surface area contributed by atoms with Gasteiger partial charge >= 0.3 is 0 Å². The number of hydrogen-bond acceptors (Lipinski definition) is 3. The first-order chi connectivity index (χ1) is 23.2. The number of benzene rings is 4. The maximum Gasteiger partial charge on any atom is 0.0485 e. The molecule has 4 aromatic rings. The SMILES string of the molecule is CC(C)N(CCC(C=NCC(CCN(C(C)C)C(C)C)(c1cccc2ccccc12)C(C)C)(c1cccc2ccccc12)C(C)C)C(C)C. The minimum Gasteiger partial charge on any atom is -0.299 e. The van der Waals surface area contributed by atoms with E-state index in [2.05, 4.69) is 184 Å². The fourth-order valence-corrected chi connectivity index (χ4v) is 8.63. The molecule has 0 radical (unpaired) electrons. The Morgan fingerprint density at radius 2 is 0.939 bits per heavy atom. The van der Waals surface area contributed by atoms with Crippen LogP contribution in [0.25, 0.3) is 21.5 Å². The van der Waals surface area contributed by atoms with E-state index in [9.17, 15) is 0 Å². The molecule has 2 unspecified atom stereocenters. The van der Waals surface area contributed by atoms with Gasteiger partial charge in [0.05, 0.1) is 0 Å². The smallest absolute Gasteiger partial charge is 0.0485 e. The van der Waals surface area contributed by atoms with Crippen molar-refractivity contribution in [2.75, 3.05) is 19.6 Å². The van der Waals surface area contributed by atoms with Gasteiger partial charge in [0.1, 0.15) is 0 Å². The van der Waals surface area contributed by atoms with Gasteiger partial charge in [0.25, 0.3) is 0 Å². The average Bonchev–Trinajstić information content (AvgIpc) is 3.05. The maximum absolute atomic E-state index is 5.70. The molecule has 0 aliphatic rings. The summed E-state index contributed by atoms with van der Waals surface area (Å²) in [4.78, 5) is 11.0. The second kappa shape index (κ2) is 16.8. The Labute approximate surface area is 300 Å². The van der Waals surface area contributed by atoms with E-state index in [1.165, 1.54) is 32.7 Å². The molecule has 4 rings (SSSR count). The Kier molecular flexibility index (Phi) is 13.3. The van der Waals surface area contributed by atoms with Gasteiger partial charge in [-0.05, 0) is 126 Å². The molecule has 0 aromatic heterocycles.